The van der Waals surface area contributed by atoms with Gasteiger partial charge in [0.2, 0.25) is 0 Å². The summed E-state index contributed by atoms with van der Waals surface area (Å²) in [4.78, 5) is 0. The van der Waals surface area contributed by atoms with Crippen LogP contribution >= 0.6 is 0 Å². The summed E-state index contributed by atoms with van der Waals surface area (Å²) >= 11 is 0. The zero-order valence-electron chi connectivity index (χ0n) is 11.7. The van der Waals surface area contributed by atoms with Crippen molar-refractivity contribution in [2.75, 3.05) is 6.54 Å². The van der Waals surface area contributed by atoms with Gasteiger partial charge in [-0.15, -0.1) is 0 Å². The number of rotatable bonds is 3. The topological polar surface area (TPSA) is 177 Å². The molecule has 0 radical (unpaired) electrons. The summed E-state index contributed by atoms with van der Waals surface area (Å²) in [5.74, 6) is 0. The van der Waals surface area contributed by atoms with Crippen LogP contribution in [0.25, 0.3) is 0 Å². The van der Waals surface area contributed by atoms with Crippen LogP contribution in [-0.2, 0) is 9.47 Å². The average Bonchev–Trinajstić information content (AvgIpc) is 2.44. The molecule has 9 nitrogen and oxygen atoms in total. The smallest absolute Gasteiger partial charge is 0.161 e. The van der Waals surface area contributed by atoms with E-state index in [1.165, 1.54) is 0 Å². The largest absolute Gasteiger partial charge is 0.390 e. The molecule has 1 aliphatic heterocycles. The maximum Gasteiger partial charge on any atom is 0.161 e. The Labute approximate surface area is 122 Å². The van der Waals surface area contributed by atoms with Gasteiger partial charge in [-0.3, -0.25) is 0 Å². The summed E-state index contributed by atoms with van der Waals surface area (Å²) in [5, 5.41) is 39.3. The molecule has 0 unspecified atom stereocenters. The summed E-state index contributed by atoms with van der Waals surface area (Å²) in [6.07, 6.45) is -6.69. The monoisotopic (exact) mass is 307 g/mol. The first-order valence-corrected chi connectivity index (χ1v) is 7.09. The van der Waals surface area contributed by atoms with E-state index >= 15 is 0 Å². The zero-order valence-corrected chi connectivity index (χ0v) is 11.7. The fraction of sp³-hybridized carbons (Fsp3) is 1.00. The maximum atomic E-state index is 10.0. The molecule has 10 N–H and O–H groups in total. The van der Waals surface area contributed by atoms with Gasteiger partial charge in [0.25, 0.3) is 0 Å². The predicted molar refractivity (Wildman–Crippen MR) is 71.8 cm³/mol. The first-order chi connectivity index (χ1) is 9.85. The van der Waals surface area contributed by atoms with E-state index in [2.05, 4.69) is 0 Å². The third-order valence-electron chi connectivity index (χ3n) is 4.17. The fourth-order valence-electron chi connectivity index (χ4n) is 2.84. The Morgan fingerprint density at radius 2 is 1.62 bits per heavy atom. The van der Waals surface area contributed by atoms with Gasteiger partial charge in [-0.2, -0.15) is 0 Å². The summed E-state index contributed by atoms with van der Waals surface area (Å²) < 4.78 is 11.0. The third-order valence-corrected chi connectivity index (χ3v) is 4.17. The van der Waals surface area contributed by atoms with E-state index in [9.17, 15) is 20.4 Å². The second-order valence-corrected chi connectivity index (χ2v) is 5.78. The van der Waals surface area contributed by atoms with Crippen LogP contribution in [0.15, 0.2) is 0 Å². The highest BCUT2D eigenvalue weighted by atomic mass is 16.7. The number of aliphatic hydroxyl groups is 4. The summed E-state index contributed by atoms with van der Waals surface area (Å²) in [6.45, 7) is 0.0187. The van der Waals surface area contributed by atoms with Crippen molar-refractivity contribution in [3.05, 3.63) is 0 Å². The van der Waals surface area contributed by atoms with Crippen LogP contribution in [-0.4, -0.2) is 82.0 Å². The highest BCUT2D eigenvalue weighted by Gasteiger charge is 2.44. The molecule has 21 heavy (non-hydrogen) atoms. The Morgan fingerprint density at radius 3 is 2.24 bits per heavy atom. The van der Waals surface area contributed by atoms with Gasteiger partial charge in [-0.05, 0) is 6.42 Å². The van der Waals surface area contributed by atoms with E-state index in [1.54, 1.807) is 0 Å². The number of ether oxygens (including phenoxy) is 2. The zero-order chi connectivity index (χ0) is 15.7. The van der Waals surface area contributed by atoms with Crippen molar-refractivity contribution in [2.45, 2.75) is 67.8 Å². The third kappa shape index (κ3) is 3.52. The van der Waals surface area contributed by atoms with Gasteiger partial charge in [0.1, 0.15) is 24.4 Å². The molecule has 0 bridgehead atoms. The quantitative estimate of drug-likeness (QED) is 0.273. The lowest BCUT2D eigenvalue weighted by Crippen LogP contribution is -2.63. The molecule has 0 spiro atoms. The van der Waals surface area contributed by atoms with E-state index in [1.807, 2.05) is 0 Å². The van der Waals surface area contributed by atoms with Crippen LogP contribution in [0.2, 0.25) is 0 Å². The molecule has 2 rings (SSSR count). The van der Waals surface area contributed by atoms with E-state index in [0.29, 0.717) is 6.42 Å². The van der Waals surface area contributed by atoms with Crippen molar-refractivity contribution < 1.29 is 29.9 Å². The van der Waals surface area contributed by atoms with Crippen molar-refractivity contribution in [1.29, 1.82) is 0 Å². The molecule has 2 aliphatic rings. The number of nitrogens with two attached hydrogens (primary N) is 3. The fourth-order valence-corrected chi connectivity index (χ4v) is 2.84. The van der Waals surface area contributed by atoms with Crippen molar-refractivity contribution >= 4 is 0 Å². The summed E-state index contributed by atoms with van der Waals surface area (Å²) in [5.41, 5.74) is 17.0. The van der Waals surface area contributed by atoms with Crippen LogP contribution in [0.3, 0.4) is 0 Å². The molecular weight excluding hydrogens is 282 g/mol. The van der Waals surface area contributed by atoms with Crippen LogP contribution in [0.4, 0.5) is 0 Å². The van der Waals surface area contributed by atoms with Gasteiger partial charge in [0.05, 0.1) is 12.2 Å². The Kier molecular flexibility index (Phi) is 5.52. The van der Waals surface area contributed by atoms with E-state index < -0.39 is 55.0 Å². The number of hydrogen-bond acceptors (Lipinski definition) is 9. The number of aliphatic hydroxyl groups excluding tert-OH is 4. The molecular formula is C12H25N3O6. The van der Waals surface area contributed by atoms with E-state index in [-0.39, 0.29) is 13.0 Å². The molecule has 2 fully saturated rings. The lowest BCUT2D eigenvalue weighted by Gasteiger charge is -2.43. The molecule has 124 valence electrons. The van der Waals surface area contributed by atoms with Crippen LogP contribution < -0.4 is 17.2 Å². The lowest BCUT2D eigenvalue weighted by atomic mass is 9.84. The molecule has 0 aromatic heterocycles. The van der Waals surface area contributed by atoms with Gasteiger partial charge in [0.15, 0.2) is 6.29 Å². The van der Waals surface area contributed by atoms with Crippen LogP contribution in [0.1, 0.15) is 12.8 Å². The standard InChI is InChI=1S/C12H25N3O6/c13-3-7-10(18)6(16)2-8(20-7)21-12-5(15)1-4(14)9(17)11(12)19/h4-12,16-19H,1-3,13-15H2/t4-,5+,6+,7+,8+,9+,10-,11-,12-/m1/s1. The molecule has 1 aliphatic carbocycles. The minimum atomic E-state index is -1.24. The van der Waals surface area contributed by atoms with Crippen LogP contribution in [0, 0.1) is 0 Å². The Balaban J connectivity index is 2.00. The average molecular weight is 307 g/mol. The SMILES string of the molecule is NC[C@@H]1O[C@@H](O[C@H]2[C@H](O)[C@@H](O)[C@H](N)C[C@@H]2N)C[C@H](O)[C@H]1O. The van der Waals surface area contributed by atoms with E-state index in [4.69, 9.17) is 26.7 Å². The molecule has 0 amide bonds. The minimum Gasteiger partial charge on any atom is -0.390 e. The van der Waals surface area contributed by atoms with Gasteiger partial charge in [-0.25, -0.2) is 0 Å². The highest BCUT2D eigenvalue weighted by Crippen LogP contribution is 2.27. The Hall–Kier alpha value is -0.360. The first kappa shape index (κ1) is 17.0. The lowest BCUT2D eigenvalue weighted by molar-refractivity contribution is -0.280. The highest BCUT2D eigenvalue weighted by molar-refractivity contribution is 4.98. The van der Waals surface area contributed by atoms with E-state index in [0.717, 1.165) is 0 Å². The van der Waals surface area contributed by atoms with Crippen molar-refractivity contribution in [2.24, 2.45) is 17.2 Å². The van der Waals surface area contributed by atoms with Gasteiger partial charge in [-0.1, -0.05) is 0 Å². The van der Waals surface area contributed by atoms with Crippen molar-refractivity contribution in [1.82, 2.24) is 0 Å². The second kappa shape index (κ2) is 6.82. The molecule has 9 heteroatoms. The molecule has 0 aromatic rings. The second-order valence-electron chi connectivity index (χ2n) is 5.78. The first-order valence-electron chi connectivity index (χ1n) is 7.09. The maximum absolute atomic E-state index is 10.0. The Bertz CT molecular complexity index is 349. The molecule has 9 atom stereocenters. The number of hydrogen-bond donors (Lipinski definition) is 7. The molecule has 0 aromatic carbocycles. The molecule has 1 saturated carbocycles. The van der Waals surface area contributed by atoms with Crippen LogP contribution in [0.5, 0.6) is 0 Å². The van der Waals surface area contributed by atoms with Crippen molar-refractivity contribution in [3.63, 3.8) is 0 Å². The molecule has 1 saturated heterocycles. The predicted octanol–water partition coefficient (Wildman–Crippen LogP) is -4.05. The summed E-state index contributed by atoms with van der Waals surface area (Å²) in [6, 6.07) is -1.19. The minimum absolute atomic E-state index is 0.0187. The molecule has 1 heterocycles. The summed E-state index contributed by atoms with van der Waals surface area (Å²) in [7, 11) is 0. The Morgan fingerprint density at radius 1 is 0.952 bits per heavy atom. The van der Waals surface area contributed by atoms with Gasteiger partial charge < -0.3 is 47.1 Å². The van der Waals surface area contributed by atoms with Gasteiger partial charge >= 0.3 is 0 Å². The normalized spacial score (nSPS) is 51.9. The van der Waals surface area contributed by atoms with Crippen molar-refractivity contribution in [3.8, 4) is 0 Å². The van der Waals surface area contributed by atoms with Gasteiger partial charge in [0, 0.05) is 25.0 Å².